The van der Waals surface area contributed by atoms with Crippen LogP contribution in [0.25, 0.3) is 0 Å². The largest absolute Gasteiger partial charge is 0.465 e. The molecule has 0 aromatic heterocycles. The zero-order valence-corrected chi connectivity index (χ0v) is 12.7. The molecule has 0 radical (unpaired) electrons. The quantitative estimate of drug-likeness (QED) is 0.356. The monoisotopic (exact) mass is 288 g/mol. The van der Waals surface area contributed by atoms with Crippen molar-refractivity contribution in [2.45, 2.75) is 45.4 Å². The first-order chi connectivity index (χ1) is 10.2. The minimum absolute atomic E-state index is 0.0825. The Kier molecular flexibility index (Phi) is 5.97. The molecule has 3 heteroatoms. The number of carbonyl (C=O) groups excluding carboxylic acids is 2. The zero-order valence-electron chi connectivity index (χ0n) is 12.7. The highest BCUT2D eigenvalue weighted by molar-refractivity contribution is 6.08. The molecule has 0 saturated heterocycles. The van der Waals surface area contributed by atoms with Crippen molar-refractivity contribution in [3.63, 3.8) is 0 Å². The maximum Gasteiger partial charge on any atom is 0.317 e. The predicted molar refractivity (Wildman–Crippen MR) is 82.1 cm³/mol. The molecule has 1 atom stereocenters. The smallest absolute Gasteiger partial charge is 0.317 e. The highest BCUT2D eigenvalue weighted by atomic mass is 16.5. The van der Waals surface area contributed by atoms with Crippen molar-refractivity contribution < 1.29 is 14.3 Å². The van der Waals surface area contributed by atoms with Crippen molar-refractivity contribution >= 4 is 11.8 Å². The molecule has 0 N–H and O–H groups in total. The molecule has 0 spiro atoms. The summed E-state index contributed by atoms with van der Waals surface area (Å²) in [7, 11) is 0. The van der Waals surface area contributed by atoms with Crippen LogP contribution in [0.3, 0.4) is 0 Å². The van der Waals surface area contributed by atoms with Crippen LogP contribution >= 0.6 is 0 Å². The fourth-order valence-corrected chi connectivity index (χ4v) is 3.17. The van der Waals surface area contributed by atoms with E-state index in [1.807, 2.05) is 18.2 Å². The normalized spacial score (nSPS) is 17.8. The van der Waals surface area contributed by atoms with Crippen LogP contribution in [0, 0.1) is 11.8 Å². The molecule has 21 heavy (non-hydrogen) atoms. The topological polar surface area (TPSA) is 43.4 Å². The van der Waals surface area contributed by atoms with Crippen LogP contribution in [0.1, 0.15) is 55.8 Å². The Labute approximate surface area is 126 Å². The minimum Gasteiger partial charge on any atom is -0.465 e. The van der Waals surface area contributed by atoms with Crippen LogP contribution in [0.2, 0.25) is 0 Å². The third-order valence-corrected chi connectivity index (χ3v) is 4.25. The Morgan fingerprint density at radius 1 is 1.10 bits per heavy atom. The van der Waals surface area contributed by atoms with Crippen molar-refractivity contribution in [1.82, 2.24) is 0 Å². The number of rotatable bonds is 5. The van der Waals surface area contributed by atoms with E-state index in [1.54, 1.807) is 19.1 Å². The van der Waals surface area contributed by atoms with Gasteiger partial charge in [0.1, 0.15) is 5.92 Å². The van der Waals surface area contributed by atoms with Gasteiger partial charge in [-0.15, -0.1) is 0 Å². The standard InChI is InChI=1S/C18H24O3/c1-2-21-18(20)16(14-10-6-3-4-7-11-14)17(19)15-12-8-5-9-13-15/h5,8-9,12-14,16H,2-4,6-7,10-11H2,1H3. The molecular formula is C18H24O3. The molecule has 1 saturated carbocycles. The van der Waals surface area contributed by atoms with Crippen LogP contribution in [-0.4, -0.2) is 18.4 Å². The van der Waals surface area contributed by atoms with Gasteiger partial charge < -0.3 is 4.74 Å². The number of ether oxygens (including phenoxy) is 1. The van der Waals surface area contributed by atoms with Gasteiger partial charge in [-0.2, -0.15) is 0 Å². The molecule has 1 aliphatic carbocycles. The van der Waals surface area contributed by atoms with Crippen LogP contribution < -0.4 is 0 Å². The first kappa shape index (κ1) is 15.7. The molecule has 0 heterocycles. The first-order valence-electron chi connectivity index (χ1n) is 8.00. The molecule has 2 rings (SSSR count). The number of hydrogen-bond acceptors (Lipinski definition) is 3. The Morgan fingerprint density at radius 3 is 2.29 bits per heavy atom. The average molecular weight is 288 g/mol. The molecule has 0 aliphatic heterocycles. The van der Waals surface area contributed by atoms with E-state index in [1.165, 1.54) is 12.8 Å². The summed E-state index contributed by atoms with van der Waals surface area (Å²) in [4.78, 5) is 25.1. The summed E-state index contributed by atoms with van der Waals surface area (Å²) in [6, 6.07) is 9.11. The molecular weight excluding hydrogens is 264 g/mol. The molecule has 1 aromatic carbocycles. The first-order valence-corrected chi connectivity index (χ1v) is 8.00. The van der Waals surface area contributed by atoms with Crippen molar-refractivity contribution in [1.29, 1.82) is 0 Å². The van der Waals surface area contributed by atoms with Gasteiger partial charge in [-0.25, -0.2) is 0 Å². The average Bonchev–Trinajstić information content (AvgIpc) is 2.78. The highest BCUT2D eigenvalue weighted by Crippen LogP contribution is 2.32. The Balaban J connectivity index is 2.22. The second kappa shape index (κ2) is 7.96. The third kappa shape index (κ3) is 4.16. The van der Waals surface area contributed by atoms with Crippen LogP contribution in [0.5, 0.6) is 0 Å². The van der Waals surface area contributed by atoms with Gasteiger partial charge in [0, 0.05) is 5.56 Å². The van der Waals surface area contributed by atoms with E-state index < -0.39 is 5.92 Å². The van der Waals surface area contributed by atoms with E-state index in [0.29, 0.717) is 12.2 Å². The summed E-state index contributed by atoms with van der Waals surface area (Å²) in [5.74, 6) is -0.941. The maximum atomic E-state index is 12.8. The van der Waals surface area contributed by atoms with Crippen LogP contribution in [-0.2, 0) is 9.53 Å². The summed E-state index contributed by atoms with van der Waals surface area (Å²) in [6.07, 6.45) is 6.49. The molecule has 1 aromatic rings. The zero-order chi connectivity index (χ0) is 15.1. The number of benzene rings is 1. The van der Waals surface area contributed by atoms with Gasteiger partial charge in [0.25, 0.3) is 0 Å². The van der Waals surface area contributed by atoms with Gasteiger partial charge in [0.05, 0.1) is 6.61 Å². The second-order valence-corrected chi connectivity index (χ2v) is 5.71. The number of carbonyl (C=O) groups is 2. The van der Waals surface area contributed by atoms with E-state index in [0.717, 1.165) is 25.7 Å². The lowest BCUT2D eigenvalue weighted by Crippen LogP contribution is -2.33. The fraction of sp³-hybridized carbons (Fsp3) is 0.556. The molecule has 0 bridgehead atoms. The van der Waals surface area contributed by atoms with Crippen molar-refractivity contribution in [2.24, 2.45) is 11.8 Å². The van der Waals surface area contributed by atoms with E-state index >= 15 is 0 Å². The van der Waals surface area contributed by atoms with E-state index in [2.05, 4.69) is 0 Å². The lowest BCUT2D eigenvalue weighted by Gasteiger charge is -2.23. The van der Waals surface area contributed by atoms with Gasteiger partial charge in [0.2, 0.25) is 0 Å². The van der Waals surface area contributed by atoms with Gasteiger partial charge >= 0.3 is 5.97 Å². The Morgan fingerprint density at radius 2 is 1.71 bits per heavy atom. The number of hydrogen-bond donors (Lipinski definition) is 0. The molecule has 1 fully saturated rings. The third-order valence-electron chi connectivity index (χ3n) is 4.25. The Bertz CT molecular complexity index is 459. The number of ketones is 1. The van der Waals surface area contributed by atoms with E-state index in [4.69, 9.17) is 4.74 Å². The summed E-state index contributed by atoms with van der Waals surface area (Å²) in [5, 5.41) is 0. The summed E-state index contributed by atoms with van der Waals surface area (Å²) >= 11 is 0. The van der Waals surface area contributed by atoms with Gasteiger partial charge in [-0.1, -0.05) is 56.0 Å². The van der Waals surface area contributed by atoms with Gasteiger partial charge in [-0.3, -0.25) is 9.59 Å². The summed E-state index contributed by atoms with van der Waals surface area (Å²) in [6.45, 7) is 2.11. The second-order valence-electron chi connectivity index (χ2n) is 5.71. The van der Waals surface area contributed by atoms with Crippen LogP contribution in [0.4, 0.5) is 0 Å². The maximum absolute atomic E-state index is 12.8. The minimum atomic E-state index is -0.634. The highest BCUT2D eigenvalue weighted by Gasteiger charge is 2.36. The van der Waals surface area contributed by atoms with Crippen LogP contribution in [0.15, 0.2) is 30.3 Å². The van der Waals surface area contributed by atoms with Gasteiger partial charge in [0.15, 0.2) is 5.78 Å². The molecule has 0 amide bonds. The SMILES string of the molecule is CCOC(=O)C(C(=O)c1ccccc1)C1CCCCCC1. The molecule has 1 aliphatic rings. The van der Waals surface area contributed by atoms with E-state index in [-0.39, 0.29) is 17.7 Å². The summed E-state index contributed by atoms with van der Waals surface area (Å²) in [5.41, 5.74) is 0.611. The Hall–Kier alpha value is -1.64. The lowest BCUT2D eigenvalue weighted by atomic mass is 9.81. The summed E-state index contributed by atoms with van der Waals surface area (Å²) < 4.78 is 5.18. The fourth-order valence-electron chi connectivity index (χ4n) is 3.17. The number of esters is 1. The van der Waals surface area contributed by atoms with E-state index in [9.17, 15) is 9.59 Å². The van der Waals surface area contributed by atoms with Crippen molar-refractivity contribution in [2.75, 3.05) is 6.61 Å². The van der Waals surface area contributed by atoms with Crippen molar-refractivity contribution in [3.05, 3.63) is 35.9 Å². The molecule has 3 nitrogen and oxygen atoms in total. The van der Waals surface area contributed by atoms with Crippen molar-refractivity contribution in [3.8, 4) is 0 Å². The molecule has 114 valence electrons. The predicted octanol–water partition coefficient (Wildman–Crippen LogP) is 4.02. The lowest BCUT2D eigenvalue weighted by molar-refractivity contribution is -0.148. The number of Topliss-reactive ketones (excluding diaryl/α,β-unsaturated/α-hetero) is 1. The van der Waals surface area contributed by atoms with Gasteiger partial charge in [-0.05, 0) is 25.7 Å². The molecule has 1 unspecified atom stereocenters.